The molecule has 2 N–H and O–H groups in total. The van der Waals surface area contributed by atoms with Crippen LogP contribution in [0.4, 0.5) is 0 Å². The maximum absolute atomic E-state index is 9.67. The third-order valence-corrected chi connectivity index (χ3v) is 5.38. The molecule has 2 atom stereocenters. The van der Waals surface area contributed by atoms with Crippen molar-refractivity contribution in [3.63, 3.8) is 0 Å². The molecule has 116 valence electrons. The first-order valence-electron chi connectivity index (χ1n) is 7.50. The third-order valence-electron chi connectivity index (χ3n) is 4.70. The van der Waals surface area contributed by atoms with E-state index >= 15 is 0 Å². The smallest absolute Gasteiger partial charge is 0.0444 e. The largest absolute Gasteiger partial charge is 0.396 e. The molecule has 2 aromatic carbocycles. The summed E-state index contributed by atoms with van der Waals surface area (Å²) in [6, 6.07) is 15.9. The Balaban J connectivity index is 2.13. The van der Waals surface area contributed by atoms with Gasteiger partial charge in [0.25, 0.3) is 0 Å². The van der Waals surface area contributed by atoms with Crippen molar-refractivity contribution in [3.8, 4) is 0 Å². The first-order valence-corrected chi connectivity index (χ1v) is 8.25. The minimum Gasteiger partial charge on any atom is -0.396 e. The van der Waals surface area contributed by atoms with Crippen LogP contribution in [0.3, 0.4) is 0 Å². The summed E-state index contributed by atoms with van der Waals surface area (Å²) >= 11 is 12.9. The molecule has 2 nitrogen and oxygen atoms in total. The van der Waals surface area contributed by atoms with Gasteiger partial charge in [0, 0.05) is 41.1 Å². The Morgan fingerprint density at radius 1 is 1.05 bits per heavy atom. The molecule has 0 aromatic heterocycles. The van der Waals surface area contributed by atoms with Gasteiger partial charge in [0.2, 0.25) is 0 Å². The maximum atomic E-state index is 9.67. The van der Waals surface area contributed by atoms with Crippen LogP contribution >= 0.6 is 23.2 Å². The van der Waals surface area contributed by atoms with Crippen molar-refractivity contribution >= 4 is 23.2 Å². The van der Waals surface area contributed by atoms with Crippen LogP contribution in [-0.4, -0.2) is 24.8 Å². The number of hydrogen-bond donors (Lipinski definition) is 2. The maximum Gasteiger partial charge on any atom is 0.0444 e. The van der Waals surface area contributed by atoms with Crippen molar-refractivity contribution < 1.29 is 5.11 Å². The van der Waals surface area contributed by atoms with Crippen LogP contribution in [0.25, 0.3) is 0 Å². The van der Waals surface area contributed by atoms with Gasteiger partial charge < -0.3 is 10.4 Å². The average Bonchev–Trinajstić information content (AvgIpc) is 2.93. The van der Waals surface area contributed by atoms with Crippen molar-refractivity contribution in [3.05, 3.63) is 69.7 Å². The molecule has 22 heavy (non-hydrogen) atoms. The van der Waals surface area contributed by atoms with Crippen LogP contribution in [-0.2, 0) is 5.41 Å². The van der Waals surface area contributed by atoms with Gasteiger partial charge in [-0.1, -0.05) is 59.6 Å². The fraction of sp³-hybridized carbons (Fsp3) is 0.333. The Bertz CT molecular complexity index is 661. The molecule has 0 radical (unpaired) electrons. The van der Waals surface area contributed by atoms with E-state index in [-0.39, 0.29) is 17.9 Å². The lowest BCUT2D eigenvalue weighted by atomic mass is 9.68. The fourth-order valence-corrected chi connectivity index (χ4v) is 4.26. The molecule has 0 saturated carbocycles. The van der Waals surface area contributed by atoms with Gasteiger partial charge in [-0.05, 0) is 29.7 Å². The van der Waals surface area contributed by atoms with Gasteiger partial charge in [0.1, 0.15) is 0 Å². The van der Waals surface area contributed by atoms with Crippen LogP contribution in [0.2, 0.25) is 10.0 Å². The fourth-order valence-electron chi connectivity index (χ4n) is 3.67. The van der Waals surface area contributed by atoms with E-state index in [1.807, 2.05) is 36.4 Å². The van der Waals surface area contributed by atoms with E-state index < -0.39 is 0 Å². The molecule has 0 amide bonds. The van der Waals surface area contributed by atoms with Crippen LogP contribution in [0.1, 0.15) is 23.5 Å². The number of hydrogen-bond acceptors (Lipinski definition) is 2. The molecule has 2 unspecified atom stereocenters. The van der Waals surface area contributed by atoms with Gasteiger partial charge in [-0.15, -0.1) is 0 Å². The second-order valence-electron chi connectivity index (χ2n) is 5.81. The standard InChI is InChI=1S/C18H19Cl2NO/c19-16-7-3-1-5-13(16)15-11-21-12-18(15,9-10-22)14-6-2-4-8-17(14)20/h1-8,15,21-22H,9-12H2. The minimum absolute atomic E-state index is 0.119. The molecule has 4 heteroatoms. The molecule has 1 saturated heterocycles. The number of benzene rings is 2. The highest BCUT2D eigenvalue weighted by Crippen LogP contribution is 2.48. The molecule has 3 rings (SSSR count). The van der Waals surface area contributed by atoms with E-state index in [2.05, 4.69) is 17.4 Å². The lowest BCUT2D eigenvalue weighted by Crippen LogP contribution is -2.35. The highest BCUT2D eigenvalue weighted by Gasteiger charge is 2.46. The molecule has 0 spiro atoms. The summed E-state index contributed by atoms with van der Waals surface area (Å²) in [5.74, 6) is 0.188. The molecule has 1 aliphatic heterocycles. The third kappa shape index (κ3) is 2.65. The summed E-state index contributed by atoms with van der Waals surface area (Å²) in [5.41, 5.74) is 1.96. The quantitative estimate of drug-likeness (QED) is 0.885. The van der Waals surface area contributed by atoms with Gasteiger partial charge in [-0.2, -0.15) is 0 Å². The summed E-state index contributed by atoms with van der Waals surface area (Å²) in [6.07, 6.45) is 0.652. The number of aliphatic hydroxyl groups excluding tert-OH is 1. The lowest BCUT2D eigenvalue weighted by molar-refractivity contribution is 0.234. The molecule has 2 aromatic rings. The Morgan fingerprint density at radius 2 is 1.73 bits per heavy atom. The zero-order valence-electron chi connectivity index (χ0n) is 12.2. The topological polar surface area (TPSA) is 32.3 Å². The Hall–Kier alpha value is -1.06. The predicted octanol–water partition coefficient (Wildman–Crippen LogP) is 4.00. The van der Waals surface area contributed by atoms with E-state index in [1.165, 1.54) is 0 Å². The summed E-state index contributed by atoms with van der Waals surface area (Å²) in [7, 11) is 0. The molecule has 0 aliphatic carbocycles. The summed E-state index contributed by atoms with van der Waals surface area (Å²) in [5, 5.41) is 14.7. The van der Waals surface area contributed by atoms with E-state index in [1.54, 1.807) is 0 Å². The van der Waals surface area contributed by atoms with Gasteiger partial charge in [-0.3, -0.25) is 0 Å². The monoisotopic (exact) mass is 335 g/mol. The van der Waals surface area contributed by atoms with Crippen molar-refractivity contribution in [2.24, 2.45) is 0 Å². The van der Waals surface area contributed by atoms with Gasteiger partial charge in [-0.25, -0.2) is 0 Å². The van der Waals surface area contributed by atoms with Crippen molar-refractivity contribution in [1.82, 2.24) is 5.32 Å². The summed E-state index contributed by atoms with van der Waals surface area (Å²) in [4.78, 5) is 0. The highest BCUT2D eigenvalue weighted by atomic mass is 35.5. The normalized spacial score (nSPS) is 24.6. The van der Waals surface area contributed by atoms with Gasteiger partial charge in [0.05, 0.1) is 0 Å². The number of rotatable bonds is 4. The van der Waals surface area contributed by atoms with Crippen molar-refractivity contribution in [2.45, 2.75) is 17.8 Å². The predicted molar refractivity (Wildman–Crippen MR) is 91.9 cm³/mol. The van der Waals surface area contributed by atoms with Crippen LogP contribution in [0.5, 0.6) is 0 Å². The van der Waals surface area contributed by atoms with Crippen molar-refractivity contribution in [1.29, 1.82) is 0 Å². The van der Waals surface area contributed by atoms with E-state index in [9.17, 15) is 5.11 Å². The van der Waals surface area contributed by atoms with Crippen LogP contribution < -0.4 is 5.32 Å². The summed E-state index contributed by atoms with van der Waals surface area (Å²) in [6.45, 7) is 1.73. The zero-order chi connectivity index (χ0) is 15.6. The zero-order valence-corrected chi connectivity index (χ0v) is 13.7. The van der Waals surface area contributed by atoms with Crippen LogP contribution in [0.15, 0.2) is 48.5 Å². The Kier molecular flexibility index (Phi) is 4.74. The molecule has 0 bridgehead atoms. The lowest BCUT2D eigenvalue weighted by Gasteiger charge is -2.36. The summed E-state index contributed by atoms with van der Waals surface area (Å²) < 4.78 is 0. The van der Waals surface area contributed by atoms with E-state index in [0.717, 1.165) is 34.3 Å². The number of aliphatic hydroxyl groups is 1. The van der Waals surface area contributed by atoms with E-state index in [4.69, 9.17) is 23.2 Å². The second kappa shape index (κ2) is 6.59. The van der Waals surface area contributed by atoms with Crippen LogP contribution in [0, 0.1) is 0 Å². The number of nitrogens with one attached hydrogen (secondary N) is 1. The number of halogens is 2. The van der Waals surface area contributed by atoms with Crippen molar-refractivity contribution in [2.75, 3.05) is 19.7 Å². The Labute approximate surface area is 141 Å². The molecule has 1 heterocycles. The molecular weight excluding hydrogens is 317 g/mol. The van der Waals surface area contributed by atoms with Gasteiger partial charge in [0.15, 0.2) is 0 Å². The van der Waals surface area contributed by atoms with E-state index in [0.29, 0.717) is 6.42 Å². The highest BCUT2D eigenvalue weighted by molar-refractivity contribution is 6.32. The Morgan fingerprint density at radius 3 is 2.41 bits per heavy atom. The first kappa shape index (κ1) is 15.8. The SMILES string of the molecule is OCCC1(c2ccccc2Cl)CNCC1c1ccccc1Cl. The van der Waals surface area contributed by atoms with Gasteiger partial charge >= 0.3 is 0 Å². The molecular formula is C18H19Cl2NO. The minimum atomic E-state index is -0.238. The molecule has 1 fully saturated rings. The first-order chi connectivity index (χ1) is 10.7. The second-order valence-corrected chi connectivity index (χ2v) is 6.63. The molecule has 1 aliphatic rings. The average molecular weight is 336 g/mol.